The van der Waals surface area contributed by atoms with Crippen molar-refractivity contribution in [3.8, 4) is 5.82 Å². The van der Waals surface area contributed by atoms with Gasteiger partial charge in [-0.2, -0.15) is 0 Å². The number of nitrogens with zero attached hydrogens (tertiary/aromatic N) is 4. The van der Waals surface area contributed by atoms with Crippen molar-refractivity contribution in [1.82, 2.24) is 25.2 Å². The molecule has 0 aliphatic rings. The van der Waals surface area contributed by atoms with E-state index in [4.69, 9.17) is 23.2 Å². The first-order valence-corrected chi connectivity index (χ1v) is 10.2. The fourth-order valence-electron chi connectivity index (χ4n) is 2.90. The van der Waals surface area contributed by atoms with Gasteiger partial charge in [-0.1, -0.05) is 35.3 Å². The maximum atomic E-state index is 6.22. The molecule has 1 aromatic carbocycles. The molecule has 2 aromatic heterocycles. The van der Waals surface area contributed by atoms with Gasteiger partial charge in [0.1, 0.15) is 11.6 Å². The third kappa shape index (κ3) is 6.85. The van der Waals surface area contributed by atoms with Gasteiger partial charge in [-0.3, -0.25) is 9.56 Å². The van der Waals surface area contributed by atoms with Crippen molar-refractivity contribution in [3.63, 3.8) is 0 Å². The van der Waals surface area contributed by atoms with Crippen LogP contribution < -0.4 is 10.6 Å². The summed E-state index contributed by atoms with van der Waals surface area (Å²) in [5.74, 6) is 2.52. The summed E-state index contributed by atoms with van der Waals surface area (Å²) in [6, 6.07) is 9.64. The molecule has 0 unspecified atom stereocenters. The number of pyridine rings is 1. The van der Waals surface area contributed by atoms with E-state index in [0.29, 0.717) is 16.6 Å². The number of hydrogen-bond acceptors (Lipinski definition) is 3. The van der Waals surface area contributed by atoms with Crippen LogP contribution >= 0.6 is 47.2 Å². The van der Waals surface area contributed by atoms with Gasteiger partial charge in [0.15, 0.2) is 5.96 Å². The summed E-state index contributed by atoms with van der Waals surface area (Å²) in [5, 5.41) is 7.99. The standard InChI is InChI=1S/C21H24Cl2N6.HI/c1-15-25-10-11-29(15)20-8-5-16(13-27-20)14-28-21(24-2)26-9-3-4-17-6-7-18(22)12-19(17)23;/h5-8,10-13H,3-4,9,14H2,1-2H3,(H2,24,26,28);1H. The summed E-state index contributed by atoms with van der Waals surface area (Å²) in [4.78, 5) is 13.0. The number of aromatic nitrogens is 3. The van der Waals surface area contributed by atoms with Gasteiger partial charge in [-0.05, 0) is 49.1 Å². The Morgan fingerprint density at radius 2 is 1.97 bits per heavy atom. The molecule has 160 valence electrons. The Hall–Kier alpha value is -1.84. The fourth-order valence-corrected chi connectivity index (χ4v) is 3.40. The lowest BCUT2D eigenvalue weighted by Gasteiger charge is -2.12. The largest absolute Gasteiger partial charge is 0.356 e. The van der Waals surface area contributed by atoms with Crippen LogP contribution in [0.5, 0.6) is 0 Å². The number of benzene rings is 1. The van der Waals surface area contributed by atoms with E-state index in [1.165, 1.54) is 0 Å². The van der Waals surface area contributed by atoms with Crippen molar-refractivity contribution in [2.75, 3.05) is 13.6 Å². The second-order valence-corrected chi connectivity index (χ2v) is 7.40. The zero-order valence-electron chi connectivity index (χ0n) is 16.9. The molecule has 0 spiro atoms. The van der Waals surface area contributed by atoms with Crippen LogP contribution in [0.25, 0.3) is 5.82 Å². The number of hydrogen-bond donors (Lipinski definition) is 2. The normalized spacial score (nSPS) is 11.1. The molecule has 2 heterocycles. The molecular weight excluding hydrogens is 534 g/mol. The number of aryl methyl sites for hydroxylation is 2. The van der Waals surface area contributed by atoms with Gasteiger partial charge in [-0.15, -0.1) is 24.0 Å². The highest BCUT2D eigenvalue weighted by atomic mass is 127. The van der Waals surface area contributed by atoms with E-state index in [9.17, 15) is 0 Å². The molecule has 0 aliphatic carbocycles. The predicted octanol–water partition coefficient (Wildman–Crippen LogP) is 4.80. The Kier molecular flexibility index (Phi) is 9.87. The Bertz CT molecular complexity index is 972. The van der Waals surface area contributed by atoms with Crippen LogP contribution in [0.3, 0.4) is 0 Å². The summed E-state index contributed by atoms with van der Waals surface area (Å²) in [5.41, 5.74) is 2.17. The van der Waals surface area contributed by atoms with Crippen molar-refractivity contribution >= 4 is 53.1 Å². The van der Waals surface area contributed by atoms with Crippen LogP contribution in [0.4, 0.5) is 0 Å². The Balaban J connectivity index is 0.00000320. The lowest BCUT2D eigenvalue weighted by Crippen LogP contribution is -2.37. The van der Waals surface area contributed by atoms with E-state index >= 15 is 0 Å². The van der Waals surface area contributed by atoms with Gasteiger partial charge in [0, 0.05) is 48.8 Å². The summed E-state index contributed by atoms with van der Waals surface area (Å²) in [6.45, 7) is 3.38. The van der Waals surface area contributed by atoms with E-state index in [2.05, 4.69) is 25.6 Å². The number of imidazole rings is 1. The first-order valence-electron chi connectivity index (χ1n) is 9.40. The van der Waals surface area contributed by atoms with Crippen LogP contribution in [0, 0.1) is 6.92 Å². The van der Waals surface area contributed by atoms with Gasteiger partial charge < -0.3 is 10.6 Å². The molecule has 6 nitrogen and oxygen atoms in total. The van der Waals surface area contributed by atoms with Gasteiger partial charge in [-0.25, -0.2) is 9.97 Å². The van der Waals surface area contributed by atoms with Crippen molar-refractivity contribution < 1.29 is 0 Å². The molecule has 30 heavy (non-hydrogen) atoms. The number of aliphatic imine (C=N–C) groups is 1. The minimum Gasteiger partial charge on any atom is -0.356 e. The van der Waals surface area contributed by atoms with E-state index in [0.717, 1.165) is 48.1 Å². The van der Waals surface area contributed by atoms with E-state index in [1.54, 1.807) is 19.3 Å². The van der Waals surface area contributed by atoms with Gasteiger partial charge in [0.2, 0.25) is 0 Å². The zero-order chi connectivity index (χ0) is 20.6. The second-order valence-electron chi connectivity index (χ2n) is 6.56. The quantitative estimate of drug-likeness (QED) is 0.189. The zero-order valence-corrected chi connectivity index (χ0v) is 20.7. The average molecular weight is 559 g/mol. The monoisotopic (exact) mass is 558 g/mol. The minimum atomic E-state index is 0. The third-order valence-electron chi connectivity index (χ3n) is 4.50. The van der Waals surface area contributed by atoms with Crippen molar-refractivity contribution in [2.24, 2.45) is 4.99 Å². The van der Waals surface area contributed by atoms with Gasteiger partial charge in [0.25, 0.3) is 0 Å². The molecule has 3 aromatic rings. The maximum Gasteiger partial charge on any atom is 0.191 e. The fraction of sp³-hybridized carbons (Fsp3) is 0.286. The third-order valence-corrected chi connectivity index (χ3v) is 5.08. The van der Waals surface area contributed by atoms with Crippen LogP contribution in [0.15, 0.2) is 53.9 Å². The SMILES string of the molecule is CN=C(NCCCc1ccc(Cl)cc1Cl)NCc1ccc(-n2ccnc2C)nc1.I. The molecule has 0 aliphatic heterocycles. The Labute approximate surface area is 204 Å². The molecule has 0 saturated carbocycles. The first-order chi connectivity index (χ1) is 14.1. The highest BCUT2D eigenvalue weighted by molar-refractivity contribution is 14.0. The second kappa shape index (κ2) is 12.1. The summed E-state index contributed by atoms with van der Waals surface area (Å²) >= 11 is 12.2. The molecule has 0 amide bonds. The highest BCUT2D eigenvalue weighted by Crippen LogP contribution is 2.21. The van der Waals surface area contributed by atoms with Crippen LogP contribution in [-0.4, -0.2) is 34.1 Å². The molecule has 0 atom stereocenters. The molecule has 0 saturated heterocycles. The number of halogens is 3. The van der Waals surface area contributed by atoms with Crippen LogP contribution in [-0.2, 0) is 13.0 Å². The molecule has 0 fully saturated rings. The van der Waals surface area contributed by atoms with E-state index in [-0.39, 0.29) is 24.0 Å². The van der Waals surface area contributed by atoms with Crippen LogP contribution in [0.2, 0.25) is 10.0 Å². The smallest absolute Gasteiger partial charge is 0.191 e. The Morgan fingerprint density at radius 1 is 1.13 bits per heavy atom. The molecule has 0 radical (unpaired) electrons. The molecule has 9 heteroatoms. The molecular formula is C21H25Cl2IN6. The van der Waals surface area contributed by atoms with Crippen molar-refractivity contribution in [3.05, 3.63) is 75.9 Å². The number of nitrogens with one attached hydrogen (secondary N) is 2. The van der Waals surface area contributed by atoms with Crippen molar-refractivity contribution in [2.45, 2.75) is 26.3 Å². The van der Waals surface area contributed by atoms with Crippen LogP contribution in [0.1, 0.15) is 23.4 Å². The van der Waals surface area contributed by atoms with E-state index in [1.807, 2.05) is 48.1 Å². The number of rotatable bonds is 7. The summed E-state index contributed by atoms with van der Waals surface area (Å²) in [6.07, 6.45) is 7.33. The first kappa shape index (κ1) is 24.4. The molecule has 0 bridgehead atoms. The molecule has 3 rings (SSSR count). The number of guanidine groups is 1. The lowest BCUT2D eigenvalue weighted by atomic mass is 10.1. The average Bonchev–Trinajstić information content (AvgIpc) is 3.15. The summed E-state index contributed by atoms with van der Waals surface area (Å²) < 4.78 is 1.95. The van der Waals surface area contributed by atoms with Gasteiger partial charge in [0.05, 0.1) is 0 Å². The minimum absolute atomic E-state index is 0. The topological polar surface area (TPSA) is 67.1 Å². The lowest BCUT2D eigenvalue weighted by molar-refractivity contribution is 0.741. The highest BCUT2D eigenvalue weighted by Gasteiger charge is 2.04. The summed E-state index contributed by atoms with van der Waals surface area (Å²) in [7, 11) is 1.76. The van der Waals surface area contributed by atoms with Gasteiger partial charge >= 0.3 is 0 Å². The predicted molar refractivity (Wildman–Crippen MR) is 134 cm³/mol. The van der Waals surface area contributed by atoms with E-state index < -0.39 is 0 Å². The Morgan fingerprint density at radius 3 is 2.60 bits per heavy atom. The maximum absolute atomic E-state index is 6.22. The molecule has 2 N–H and O–H groups in total. The van der Waals surface area contributed by atoms with Crippen molar-refractivity contribution in [1.29, 1.82) is 0 Å².